The molecule has 0 aliphatic heterocycles. The number of methoxy groups -OCH3 is 1. The molecule has 0 aliphatic rings. The van der Waals surface area contributed by atoms with Crippen LogP contribution in [0.1, 0.15) is 44.0 Å². The van der Waals surface area contributed by atoms with Crippen molar-refractivity contribution in [3.05, 3.63) is 29.8 Å². The molecule has 0 fully saturated rings. The summed E-state index contributed by atoms with van der Waals surface area (Å²) in [6.45, 7) is 5.63. The summed E-state index contributed by atoms with van der Waals surface area (Å²) in [4.78, 5) is 35.1. The third-order valence-corrected chi connectivity index (χ3v) is 2.72. The van der Waals surface area contributed by atoms with E-state index in [0.717, 1.165) is 0 Å². The average molecular weight is 306 g/mol. The molecule has 0 radical (unpaired) electrons. The second-order valence-corrected chi connectivity index (χ2v) is 5.87. The topological polar surface area (TPSA) is 84.5 Å². The lowest BCUT2D eigenvalue weighted by molar-refractivity contribution is -0.141. The number of rotatable bonds is 5. The van der Waals surface area contributed by atoms with E-state index in [4.69, 9.17) is 0 Å². The molecule has 0 aliphatic carbocycles. The summed E-state index contributed by atoms with van der Waals surface area (Å²) in [6, 6.07) is 6.73. The van der Waals surface area contributed by atoms with Crippen molar-refractivity contribution in [1.82, 2.24) is 5.32 Å². The third kappa shape index (κ3) is 5.95. The van der Waals surface area contributed by atoms with Crippen molar-refractivity contribution in [1.29, 1.82) is 0 Å². The van der Waals surface area contributed by atoms with Gasteiger partial charge >= 0.3 is 5.97 Å². The van der Waals surface area contributed by atoms with Crippen LogP contribution < -0.4 is 10.6 Å². The highest BCUT2D eigenvalue weighted by Crippen LogP contribution is 2.16. The van der Waals surface area contributed by atoms with Gasteiger partial charge in [-0.3, -0.25) is 14.4 Å². The van der Waals surface area contributed by atoms with Crippen molar-refractivity contribution in [2.75, 3.05) is 12.4 Å². The molecule has 1 aromatic carbocycles. The van der Waals surface area contributed by atoms with Crippen LogP contribution >= 0.6 is 0 Å². The first kappa shape index (κ1) is 17.7. The second kappa shape index (κ2) is 7.59. The summed E-state index contributed by atoms with van der Waals surface area (Å²) in [5, 5.41) is 5.49. The molecule has 1 rings (SSSR count). The molecule has 22 heavy (non-hydrogen) atoms. The Kier molecular flexibility index (Phi) is 6.10. The highest BCUT2D eigenvalue weighted by molar-refractivity contribution is 6.04. The number of nitrogens with one attached hydrogen (secondary N) is 2. The van der Waals surface area contributed by atoms with Gasteiger partial charge in [0.15, 0.2) is 0 Å². The summed E-state index contributed by atoms with van der Waals surface area (Å²) < 4.78 is 4.48. The van der Waals surface area contributed by atoms with E-state index >= 15 is 0 Å². The van der Waals surface area contributed by atoms with Gasteiger partial charge in [0, 0.05) is 12.0 Å². The van der Waals surface area contributed by atoms with Crippen LogP contribution in [-0.2, 0) is 14.3 Å². The highest BCUT2D eigenvalue weighted by Gasteiger charge is 2.18. The minimum Gasteiger partial charge on any atom is -0.469 e. The fraction of sp³-hybridized carbons (Fsp3) is 0.438. The normalized spacial score (nSPS) is 10.7. The van der Waals surface area contributed by atoms with E-state index in [9.17, 15) is 14.4 Å². The second-order valence-electron chi connectivity index (χ2n) is 5.87. The van der Waals surface area contributed by atoms with Crippen LogP contribution in [0, 0.1) is 0 Å². The van der Waals surface area contributed by atoms with Crippen molar-refractivity contribution in [3.63, 3.8) is 0 Å². The first-order chi connectivity index (χ1) is 10.2. The number of hydrogen-bond acceptors (Lipinski definition) is 4. The molecule has 0 saturated heterocycles. The van der Waals surface area contributed by atoms with Gasteiger partial charge in [0.1, 0.15) is 0 Å². The first-order valence-electron chi connectivity index (χ1n) is 7.01. The van der Waals surface area contributed by atoms with Gasteiger partial charge in [0.25, 0.3) is 5.91 Å². The highest BCUT2D eigenvalue weighted by atomic mass is 16.5. The Balaban J connectivity index is 2.77. The Bertz CT molecular complexity index is 562. The maximum absolute atomic E-state index is 12.2. The van der Waals surface area contributed by atoms with Crippen LogP contribution in [0.4, 0.5) is 5.69 Å². The molecule has 6 heteroatoms. The lowest BCUT2D eigenvalue weighted by atomic mass is 10.1. The van der Waals surface area contributed by atoms with E-state index in [2.05, 4.69) is 15.4 Å². The van der Waals surface area contributed by atoms with Crippen LogP contribution in [0.2, 0.25) is 0 Å². The first-order valence-corrected chi connectivity index (χ1v) is 7.01. The maximum Gasteiger partial charge on any atom is 0.306 e. The number of carbonyl (C=O) groups excluding carboxylic acids is 3. The van der Waals surface area contributed by atoms with Crippen LogP contribution in [0.5, 0.6) is 0 Å². The van der Waals surface area contributed by atoms with Gasteiger partial charge in [0.2, 0.25) is 5.91 Å². The van der Waals surface area contributed by atoms with E-state index in [1.165, 1.54) is 7.11 Å². The fourth-order valence-electron chi connectivity index (χ4n) is 1.73. The number of anilines is 1. The molecular formula is C16H22N2O4. The van der Waals surface area contributed by atoms with Gasteiger partial charge in [-0.1, -0.05) is 12.1 Å². The Morgan fingerprint density at radius 1 is 1.09 bits per heavy atom. The molecule has 2 amide bonds. The van der Waals surface area contributed by atoms with Gasteiger partial charge in [-0.05, 0) is 32.9 Å². The lowest BCUT2D eigenvalue weighted by Crippen LogP contribution is -2.40. The quantitative estimate of drug-likeness (QED) is 0.816. The minimum atomic E-state index is -0.450. The van der Waals surface area contributed by atoms with Crippen LogP contribution in [0.25, 0.3) is 0 Å². The number of hydrogen-bond donors (Lipinski definition) is 2. The largest absolute Gasteiger partial charge is 0.469 e. The number of carbonyl (C=O) groups is 3. The molecule has 0 spiro atoms. The number of benzene rings is 1. The lowest BCUT2D eigenvalue weighted by Gasteiger charge is -2.21. The maximum atomic E-state index is 12.2. The van der Waals surface area contributed by atoms with Gasteiger partial charge in [0.05, 0.1) is 24.8 Å². The van der Waals surface area contributed by atoms with Crippen LogP contribution in [0.15, 0.2) is 24.3 Å². The van der Waals surface area contributed by atoms with Gasteiger partial charge in [-0.15, -0.1) is 0 Å². The molecule has 2 N–H and O–H groups in total. The van der Waals surface area contributed by atoms with E-state index < -0.39 is 5.97 Å². The number of esters is 1. The van der Waals surface area contributed by atoms with Crippen molar-refractivity contribution >= 4 is 23.5 Å². The summed E-state index contributed by atoms with van der Waals surface area (Å²) in [5.41, 5.74) is 0.419. The standard InChI is InChI=1S/C16H22N2O4/c1-16(2,3)18-15(21)11-7-5-6-8-12(11)17-13(19)9-10-14(20)22-4/h5-8H,9-10H2,1-4H3,(H,17,19)(H,18,21). The van der Waals surface area contributed by atoms with Crippen molar-refractivity contribution < 1.29 is 19.1 Å². The summed E-state index contributed by atoms with van der Waals surface area (Å²) >= 11 is 0. The Labute approximate surface area is 130 Å². The zero-order chi connectivity index (χ0) is 16.8. The fourth-order valence-corrected chi connectivity index (χ4v) is 1.73. The molecular weight excluding hydrogens is 284 g/mol. The number of para-hydroxylation sites is 1. The van der Waals surface area contributed by atoms with E-state index in [-0.39, 0.29) is 30.2 Å². The van der Waals surface area contributed by atoms with Crippen LogP contribution in [-0.4, -0.2) is 30.4 Å². The third-order valence-electron chi connectivity index (χ3n) is 2.72. The molecule has 0 aromatic heterocycles. The molecule has 0 unspecified atom stereocenters. The Morgan fingerprint density at radius 3 is 2.32 bits per heavy atom. The predicted molar refractivity (Wildman–Crippen MR) is 83.5 cm³/mol. The molecule has 0 heterocycles. The van der Waals surface area contributed by atoms with Crippen molar-refractivity contribution in [2.24, 2.45) is 0 Å². The zero-order valence-electron chi connectivity index (χ0n) is 13.4. The zero-order valence-corrected chi connectivity index (χ0v) is 13.4. The monoisotopic (exact) mass is 306 g/mol. The molecule has 1 aromatic rings. The van der Waals surface area contributed by atoms with Crippen molar-refractivity contribution in [2.45, 2.75) is 39.2 Å². The van der Waals surface area contributed by atoms with Gasteiger partial charge in [-0.25, -0.2) is 0 Å². The van der Waals surface area contributed by atoms with E-state index in [1.54, 1.807) is 24.3 Å². The molecule has 0 saturated carbocycles. The SMILES string of the molecule is COC(=O)CCC(=O)Nc1ccccc1C(=O)NC(C)(C)C. The smallest absolute Gasteiger partial charge is 0.306 e. The van der Waals surface area contributed by atoms with Gasteiger partial charge in [-0.2, -0.15) is 0 Å². The molecule has 6 nitrogen and oxygen atoms in total. The molecule has 0 bridgehead atoms. The van der Waals surface area contributed by atoms with Crippen molar-refractivity contribution in [3.8, 4) is 0 Å². The van der Waals surface area contributed by atoms with Crippen LogP contribution in [0.3, 0.4) is 0 Å². The van der Waals surface area contributed by atoms with E-state index in [0.29, 0.717) is 11.3 Å². The number of ether oxygens (including phenoxy) is 1. The Hall–Kier alpha value is -2.37. The number of amides is 2. The predicted octanol–water partition coefficient (Wildman–Crippen LogP) is 2.11. The average Bonchev–Trinajstić information content (AvgIpc) is 2.43. The summed E-state index contributed by atoms with van der Waals surface area (Å²) in [7, 11) is 1.27. The summed E-state index contributed by atoms with van der Waals surface area (Å²) in [6.07, 6.45) is 0.000581. The molecule has 0 atom stereocenters. The molecule has 120 valence electrons. The van der Waals surface area contributed by atoms with E-state index in [1.807, 2.05) is 20.8 Å². The minimum absolute atomic E-state index is 0.00130. The van der Waals surface area contributed by atoms with Gasteiger partial charge < -0.3 is 15.4 Å². The Morgan fingerprint density at radius 2 is 1.73 bits per heavy atom. The summed E-state index contributed by atoms with van der Waals surface area (Å²) in [5.74, 6) is -1.06.